The van der Waals surface area contributed by atoms with E-state index in [-0.39, 0.29) is 0 Å². The van der Waals surface area contributed by atoms with Crippen LogP contribution in [-0.4, -0.2) is 0 Å². The minimum Gasteiger partial charge on any atom is -0.0876 e. The highest BCUT2D eigenvalue weighted by Gasteiger charge is 2.26. The zero-order valence-corrected chi connectivity index (χ0v) is 9.91. The molecule has 0 saturated heterocycles. The van der Waals surface area contributed by atoms with Crippen LogP contribution in [0.1, 0.15) is 25.3 Å². The number of benzene rings is 1. The fourth-order valence-corrected chi connectivity index (χ4v) is 2.41. The number of hydrogen-bond donors (Lipinski definition) is 0. The Morgan fingerprint density at radius 3 is 2.54 bits per heavy atom. The van der Waals surface area contributed by atoms with Crippen molar-refractivity contribution in [1.29, 1.82) is 0 Å². The largest absolute Gasteiger partial charge is 0.0876 e. The fraction of sp³-hybridized carbons (Fsp3) is 0.333. The Balaban J connectivity index is 2.35. The molecule has 13 heavy (non-hydrogen) atoms. The minimum atomic E-state index is 0.362. The molecule has 1 aromatic rings. The van der Waals surface area contributed by atoms with Gasteiger partial charge in [-0.25, -0.2) is 0 Å². The van der Waals surface area contributed by atoms with Crippen molar-refractivity contribution in [2.45, 2.75) is 25.2 Å². The van der Waals surface area contributed by atoms with Gasteiger partial charge in [-0.3, -0.25) is 0 Å². The van der Waals surface area contributed by atoms with E-state index in [1.807, 2.05) is 0 Å². The summed E-state index contributed by atoms with van der Waals surface area (Å²) in [6, 6.07) is 8.85. The second-order valence-electron chi connectivity index (χ2n) is 3.95. The number of rotatable bonds is 1. The summed E-state index contributed by atoms with van der Waals surface area (Å²) >= 11 is 2.38. The summed E-state index contributed by atoms with van der Waals surface area (Å²) in [7, 11) is 0. The predicted molar refractivity (Wildman–Crippen MR) is 64.9 cm³/mol. The Bertz CT molecular complexity index is 331. The van der Waals surface area contributed by atoms with Crippen molar-refractivity contribution in [3.8, 4) is 0 Å². The van der Waals surface area contributed by atoms with Crippen LogP contribution in [0.2, 0.25) is 0 Å². The summed E-state index contributed by atoms with van der Waals surface area (Å²) in [6.07, 6.45) is 6.96. The Hall–Kier alpha value is -0.310. The van der Waals surface area contributed by atoms with E-state index >= 15 is 0 Å². The first-order valence-corrected chi connectivity index (χ1v) is 5.70. The third-order valence-corrected chi connectivity index (χ3v) is 3.50. The lowest BCUT2D eigenvalue weighted by Gasteiger charge is -2.24. The smallest absolute Gasteiger partial charge is 0.0133 e. The first-order chi connectivity index (χ1) is 6.21. The Kier molecular flexibility index (Phi) is 2.45. The molecule has 1 aliphatic rings. The van der Waals surface area contributed by atoms with Gasteiger partial charge in [0.15, 0.2) is 0 Å². The van der Waals surface area contributed by atoms with Gasteiger partial charge in [0, 0.05) is 3.57 Å². The number of allylic oxidation sites excluding steroid dienone is 2. The van der Waals surface area contributed by atoms with Crippen molar-refractivity contribution in [2.75, 3.05) is 0 Å². The van der Waals surface area contributed by atoms with E-state index in [9.17, 15) is 0 Å². The third kappa shape index (κ3) is 1.80. The van der Waals surface area contributed by atoms with E-state index in [4.69, 9.17) is 0 Å². The molecule has 0 fully saturated rings. The molecule has 0 aliphatic heterocycles. The van der Waals surface area contributed by atoms with Gasteiger partial charge in [0.2, 0.25) is 0 Å². The fourth-order valence-electron chi connectivity index (χ4n) is 1.87. The number of hydrogen-bond acceptors (Lipinski definition) is 0. The molecule has 1 aromatic carbocycles. The van der Waals surface area contributed by atoms with Crippen LogP contribution in [0.15, 0.2) is 36.4 Å². The molecule has 68 valence electrons. The van der Waals surface area contributed by atoms with Gasteiger partial charge >= 0.3 is 0 Å². The molecule has 0 N–H and O–H groups in total. The van der Waals surface area contributed by atoms with Gasteiger partial charge in [-0.15, -0.1) is 0 Å². The SMILES string of the molecule is CC1(c2cccc(I)c2)CC=CC1. The van der Waals surface area contributed by atoms with Crippen molar-refractivity contribution in [2.24, 2.45) is 0 Å². The third-order valence-electron chi connectivity index (χ3n) is 2.82. The van der Waals surface area contributed by atoms with Crippen molar-refractivity contribution in [1.82, 2.24) is 0 Å². The quantitative estimate of drug-likeness (QED) is 0.542. The monoisotopic (exact) mass is 284 g/mol. The van der Waals surface area contributed by atoms with Gasteiger partial charge in [0.1, 0.15) is 0 Å². The molecule has 0 spiro atoms. The van der Waals surface area contributed by atoms with Gasteiger partial charge < -0.3 is 0 Å². The average Bonchev–Trinajstić information content (AvgIpc) is 2.54. The first kappa shape index (κ1) is 9.25. The molecule has 0 unspecified atom stereocenters. The summed E-state index contributed by atoms with van der Waals surface area (Å²) < 4.78 is 1.34. The summed E-state index contributed by atoms with van der Waals surface area (Å²) in [5, 5.41) is 0. The summed E-state index contributed by atoms with van der Waals surface area (Å²) in [5.41, 5.74) is 1.84. The Morgan fingerprint density at radius 2 is 1.92 bits per heavy atom. The van der Waals surface area contributed by atoms with Crippen molar-refractivity contribution >= 4 is 22.6 Å². The van der Waals surface area contributed by atoms with Crippen LogP contribution in [-0.2, 0) is 5.41 Å². The summed E-state index contributed by atoms with van der Waals surface area (Å²) in [5.74, 6) is 0. The molecular weight excluding hydrogens is 271 g/mol. The second-order valence-corrected chi connectivity index (χ2v) is 5.20. The molecule has 0 amide bonds. The van der Waals surface area contributed by atoms with Crippen molar-refractivity contribution in [3.63, 3.8) is 0 Å². The highest BCUT2D eigenvalue weighted by atomic mass is 127. The summed E-state index contributed by atoms with van der Waals surface area (Å²) in [4.78, 5) is 0. The van der Waals surface area contributed by atoms with Crippen LogP contribution >= 0.6 is 22.6 Å². The lowest BCUT2D eigenvalue weighted by Crippen LogP contribution is -2.17. The lowest BCUT2D eigenvalue weighted by atomic mass is 9.80. The molecule has 0 heterocycles. The highest BCUT2D eigenvalue weighted by molar-refractivity contribution is 14.1. The molecule has 0 nitrogen and oxygen atoms in total. The normalized spacial score (nSPS) is 19.2. The summed E-state index contributed by atoms with van der Waals surface area (Å²) in [6.45, 7) is 2.35. The van der Waals surface area contributed by atoms with E-state index in [0.29, 0.717) is 5.41 Å². The van der Waals surface area contributed by atoms with Crippen molar-refractivity contribution < 1.29 is 0 Å². The topological polar surface area (TPSA) is 0 Å². The van der Waals surface area contributed by atoms with Crippen molar-refractivity contribution in [3.05, 3.63) is 45.6 Å². The van der Waals surface area contributed by atoms with Crippen LogP contribution in [0.3, 0.4) is 0 Å². The average molecular weight is 284 g/mol. The van der Waals surface area contributed by atoms with Crippen LogP contribution in [0.25, 0.3) is 0 Å². The maximum absolute atomic E-state index is 2.38. The molecule has 1 heteroatoms. The zero-order valence-electron chi connectivity index (χ0n) is 7.76. The molecule has 1 aliphatic carbocycles. The predicted octanol–water partition coefficient (Wildman–Crippen LogP) is 3.90. The van der Waals surface area contributed by atoms with Gasteiger partial charge in [-0.2, -0.15) is 0 Å². The maximum Gasteiger partial charge on any atom is 0.0133 e. The van der Waals surface area contributed by atoms with Crippen LogP contribution in [0.5, 0.6) is 0 Å². The molecule has 0 aromatic heterocycles. The van der Waals surface area contributed by atoms with Crippen LogP contribution in [0, 0.1) is 3.57 Å². The first-order valence-electron chi connectivity index (χ1n) is 4.62. The van der Waals surface area contributed by atoms with Gasteiger partial charge in [-0.1, -0.05) is 31.2 Å². The van der Waals surface area contributed by atoms with Gasteiger partial charge in [0.25, 0.3) is 0 Å². The lowest BCUT2D eigenvalue weighted by molar-refractivity contribution is 0.511. The molecule has 0 saturated carbocycles. The minimum absolute atomic E-state index is 0.362. The molecule has 0 radical (unpaired) electrons. The molecule has 0 bridgehead atoms. The number of halogens is 1. The van der Waals surface area contributed by atoms with Gasteiger partial charge in [0.05, 0.1) is 0 Å². The molecule has 0 atom stereocenters. The van der Waals surface area contributed by atoms with Gasteiger partial charge in [-0.05, 0) is 58.5 Å². The van der Waals surface area contributed by atoms with E-state index in [2.05, 4.69) is 65.9 Å². The molecule has 2 rings (SSSR count). The zero-order chi connectivity index (χ0) is 9.31. The van der Waals surface area contributed by atoms with E-state index in [1.165, 1.54) is 22.0 Å². The van der Waals surface area contributed by atoms with Crippen LogP contribution < -0.4 is 0 Å². The second kappa shape index (κ2) is 3.45. The van der Waals surface area contributed by atoms with E-state index in [1.54, 1.807) is 0 Å². The molecular formula is C12H13I. The van der Waals surface area contributed by atoms with E-state index in [0.717, 1.165) is 0 Å². The van der Waals surface area contributed by atoms with Crippen LogP contribution in [0.4, 0.5) is 0 Å². The Labute approximate surface area is 93.2 Å². The maximum atomic E-state index is 2.38. The van der Waals surface area contributed by atoms with E-state index < -0.39 is 0 Å². The standard InChI is InChI=1S/C12H13I/c1-12(7-2-3-8-12)10-5-4-6-11(13)9-10/h2-6,9H,7-8H2,1H3. The highest BCUT2D eigenvalue weighted by Crippen LogP contribution is 2.36. The Morgan fingerprint density at radius 1 is 1.23 bits per heavy atom.